The molecule has 5 heteroatoms. The standard InChI is InChI=1S/C16H11FN2O2/c17-13-4-2-1-3-11(13)15-12(16(20)21)9-14(19-15)10-5-7-18-8-6-10/h1-9,19H,(H,20,21). The van der Waals surface area contributed by atoms with Crippen molar-refractivity contribution in [2.75, 3.05) is 0 Å². The second-order valence-electron chi connectivity index (χ2n) is 4.49. The highest BCUT2D eigenvalue weighted by Gasteiger charge is 2.18. The van der Waals surface area contributed by atoms with Crippen LogP contribution in [0, 0.1) is 5.82 Å². The van der Waals surface area contributed by atoms with E-state index in [0.717, 1.165) is 5.56 Å². The van der Waals surface area contributed by atoms with Gasteiger partial charge in [0, 0.05) is 29.2 Å². The smallest absolute Gasteiger partial charge is 0.337 e. The number of carboxylic acids is 1. The van der Waals surface area contributed by atoms with E-state index in [2.05, 4.69) is 9.97 Å². The van der Waals surface area contributed by atoms with Crippen LogP contribution in [0.1, 0.15) is 10.4 Å². The van der Waals surface area contributed by atoms with E-state index in [1.165, 1.54) is 12.1 Å². The summed E-state index contributed by atoms with van der Waals surface area (Å²) in [7, 11) is 0. The van der Waals surface area contributed by atoms with Crippen LogP contribution in [0.5, 0.6) is 0 Å². The molecule has 3 aromatic rings. The first kappa shape index (κ1) is 13.1. The molecule has 1 aromatic carbocycles. The highest BCUT2D eigenvalue weighted by molar-refractivity contribution is 5.97. The third kappa shape index (κ3) is 2.41. The van der Waals surface area contributed by atoms with Gasteiger partial charge in [0.1, 0.15) is 5.82 Å². The topological polar surface area (TPSA) is 66.0 Å². The van der Waals surface area contributed by atoms with Crippen molar-refractivity contribution in [3.8, 4) is 22.5 Å². The number of aromatic nitrogens is 2. The Kier molecular flexibility index (Phi) is 3.23. The number of aromatic carboxylic acids is 1. The number of hydrogen-bond acceptors (Lipinski definition) is 2. The third-order valence-corrected chi connectivity index (χ3v) is 3.18. The molecule has 2 heterocycles. The summed E-state index contributed by atoms with van der Waals surface area (Å²) in [5.74, 6) is -1.58. The number of hydrogen-bond donors (Lipinski definition) is 2. The number of halogens is 1. The fourth-order valence-corrected chi connectivity index (χ4v) is 2.19. The Morgan fingerprint density at radius 3 is 2.52 bits per heavy atom. The van der Waals surface area contributed by atoms with E-state index in [0.29, 0.717) is 5.69 Å². The molecule has 0 radical (unpaired) electrons. The fraction of sp³-hybridized carbons (Fsp3) is 0. The lowest BCUT2D eigenvalue weighted by molar-refractivity contribution is 0.0698. The van der Waals surface area contributed by atoms with Crippen molar-refractivity contribution in [2.45, 2.75) is 0 Å². The number of rotatable bonds is 3. The van der Waals surface area contributed by atoms with Crippen LogP contribution in [0.4, 0.5) is 4.39 Å². The van der Waals surface area contributed by atoms with Crippen LogP contribution in [0.15, 0.2) is 54.9 Å². The number of aromatic amines is 1. The normalized spacial score (nSPS) is 10.5. The summed E-state index contributed by atoms with van der Waals surface area (Å²) in [4.78, 5) is 18.3. The third-order valence-electron chi connectivity index (χ3n) is 3.18. The molecule has 0 bridgehead atoms. The summed E-state index contributed by atoms with van der Waals surface area (Å²) in [5.41, 5.74) is 1.91. The first-order chi connectivity index (χ1) is 10.2. The highest BCUT2D eigenvalue weighted by atomic mass is 19.1. The first-order valence-corrected chi connectivity index (χ1v) is 6.28. The minimum atomic E-state index is -1.11. The van der Waals surface area contributed by atoms with Crippen molar-refractivity contribution in [3.05, 3.63) is 66.2 Å². The molecule has 0 aliphatic carbocycles. The van der Waals surface area contributed by atoms with Gasteiger partial charge in [-0.3, -0.25) is 4.98 Å². The maximum atomic E-state index is 13.9. The van der Waals surface area contributed by atoms with Gasteiger partial charge in [-0.05, 0) is 30.3 Å². The summed E-state index contributed by atoms with van der Waals surface area (Å²) < 4.78 is 13.9. The molecule has 4 nitrogen and oxygen atoms in total. The zero-order valence-electron chi connectivity index (χ0n) is 10.9. The van der Waals surface area contributed by atoms with Crippen molar-refractivity contribution >= 4 is 5.97 Å². The Balaban J connectivity index is 2.19. The molecule has 21 heavy (non-hydrogen) atoms. The van der Waals surface area contributed by atoms with Crippen LogP contribution in [-0.4, -0.2) is 21.0 Å². The molecule has 0 unspecified atom stereocenters. The number of H-pyrrole nitrogens is 1. The average molecular weight is 282 g/mol. The Hall–Kier alpha value is -2.95. The molecule has 0 aliphatic heterocycles. The van der Waals surface area contributed by atoms with E-state index in [4.69, 9.17) is 0 Å². The van der Waals surface area contributed by atoms with Crippen molar-refractivity contribution in [2.24, 2.45) is 0 Å². The maximum Gasteiger partial charge on any atom is 0.337 e. The van der Waals surface area contributed by atoms with Gasteiger partial charge < -0.3 is 10.1 Å². The minimum absolute atomic E-state index is 0.0342. The highest BCUT2D eigenvalue weighted by Crippen LogP contribution is 2.30. The predicted octanol–water partition coefficient (Wildman–Crippen LogP) is 3.58. The van der Waals surface area contributed by atoms with E-state index < -0.39 is 11.8 Å². The van der Waals surface area contributed by atoms with Gasteiger partial charge in [0.15, 0.2) is 0 Å². The fourth-order valence-electron chi connectivity index (χ4n) is 2.19. The van der Waals surface area contributed by atoms with Crippen LogP contribution in [0.2, 0.25) is 0 Å². The largest absolute Gasteiger partial charge is 0.478 e. The van der Waals surface area contributed by atoms with Gasteiger partial charge in [0.05, 0.1) is 11.3 Å². The summed E-state index contributed by atoms with van der Waals surface area (Å²) in [5, 5.41) is 9.32. The molecule has 0 aliphatic rings. The Labute approximate surface area is 119 Å². The average Bonchev–Trinajstić information content (AvgIpc) is 2.94. The lowest BCUT2D eigenvalue weighted by atomic mass is 10.1. The second kappa shape index (κ2) is 5.20. The van der Waals surface area contributed by atoms with Gasteiger partial charge in [-0.1, -0.05) is 12.1 Å². The molecule has 0 saturated carbocycles. The van der Waals surface area contributed by atoms with Crippen molar-refractivity contribution in [1.29, 1.82) is 0 Å². The summed E-state index contributed by atoms with van der Waals surface area (Å²) in [6.07, 6.45) is 3.22. The number of benzene rings is 1. The molecule has 0 amide bonds. The molecule has 0 saturated heterocycles. The number of pyridine rings is 1. The minimum Gasteiger partial charge on any atom is -0.478 e. The zero-order chi connectivity index (χ0) is 14.8. The first-order valence-electron chi connectivity index (χ1n) is 6.28. The number of nitrogens with zero attached hydrogens (tertiary/aromatic N) is 1. The Morgan fingerprint density at radius 1 is 1.14 bits per heavy atom. The van der Waals surface area contributed by atoms with Gasteiger partial charge in [-0.2, -0.15) is 0 Å². The number of nitrogens with one attached hydrogen (secondary N) is 1. The molecule has 0 spiro atoms. The van der Waals surface area contributed by atoms with Crippen LogP contribution in [-0.2, 0) is 0 Å². The van der Waals surface area contributed by atoms with E-state index in [1.807, 2.05) is 0 Å². The van der Waals surface area contributed by atoms with Crippen LogP contribution < -0.4 is 0 Å². The van der Waals surface area contributed by atoms with Crippen LogP contribution >= 0.6 is 0 Å². The lowest BCUT2D eigenvalue weighted by Gasteiger charge is -2.02. The molecule has 0 fully saturated rings. The Bertz CT molecular complexity index is 797. The summed E-state index contributed by atoms with van der Waals surface area (Å²) >= 11 is 0. The van der Waals surface area contributed by atoms with E-state index in [-0.39, 0.29) is 16.8 Å². The predicted molar refractivity (Wildman–Crippen MR) is 76.4 cm³/mol. The van der Waals surface area contributed by atoms with E-state index in [1.54, 1.807) is 42.7 Å². The van der Waals surface area contributed by atoms with Crippen molar-refractivity contribution in [3.63, 3.8) is 0 Å². The van der Waals surface area contributed by atoms with Crippen LogP contribution in [0.3, 0.4) is 0 Å². The second-order valence-corrected chi connectivity index (χ2v) is 4.49. The van der Waals surface area contributed by atoms with E-state index in [9.17, 15) is 14.3 Å². The van der Waals surface area contributed by atoms with Gasteiger partial charge in [0.2, 0.25) is 0 Å². The molecule has 104 valence electrons. The van der Waals surface area contributed by atoms with E-state index >= 15 is 0 Å². The van der Waals surface area contributed by atoms with Gasteiger partial charge in [-0.25, -0.2) is 9.18 Å². The van der Waals surface area contributed by atoms with Crippen molar-refractivity contribution in [1.82, 2.24) is 9.97 Å². The molecular formula is C16H11FN2O2. The maximum absolute atomic E-state index is 13.9. The molecule has 2 N–H and O–H groups in total. The molecule has 2 aromatic heterocycles. The Morgan fingerprint density at radius 2 is 1.86 bits per heavy atom. The molecule has 0 atom stereocenters. The number of carbonyl (C=O) groups is 1. The SMILES string of the molecule is O=C(O)c1cc(-c2ccncc2)[nH]c1-c1ccccc1F. The quantitative estimate of drug-likeness (QED) is 0.771. The molecular weight excluding hydrogens is 271 g/mol. The molecule has 3 rings (SSSR count). The summed E-state index contributed by atoms with van der Waals surface area (Å²) in [6.45, 7) is 0. The zero-order valence-corrected chi connectivity index (χ0v) is 10.9. The monoisotopic (exact) mass is 282 g/mol. The van der Waals surface area contributed by atoms with Gasteiger partial charge >= 0.3 is 5.97 Å². The van der Waals surface area contributed by atoms with Crippen molar-refractivity contribution < 1.29 is 14.3 Å². The lowest BCUT2D eigenvalue weighted by Crippen LogP contribution is -1.97. The van der Waals surface area contributed by atoms with Crippen LogP contribution in [0.25, 0.3) is 22.5 Å². The van der Waals surface area contributed by atoms with Gasteiger partial charge in [-0.15, -0.1) is 0 Å². The summed E-state index contributed by atoms with van der Waals surface area (Å²) in [6, 6.07) is 11.1. The number of carboxylic acid groups (broad SMARTS) is 1. The van der Waals surface area contributed by atoms with Gasteiger partial charge in [0.25, 0.3) is 0 Å².